The van der Waals surface area contributed by atoms with Crippen molar-refractivity contribution in [3.63, 3.8) is 0 Å². The van der Waals surface area contributed by atoms with Gasteiger partial charge in [0, 0.05) is 18.0 Å². The average Bonchev–Trinajstić information content (AvgIpc) is 2.67. The molecule has 3 atom stereocenters. The first kappa shape index (κ1) is 19.8. The van der Waals surface area contributed by atoms with Gasteiger partial charge in [-0.15, -0.1) is 0 Å². The lowest BCUT2D eigenvalue weighted by atomic mass is 9.88. The second-order valence-electron chi connectivity index (χ2n) is 7.07. The lowest BCUT2D eigenvalue weighted by molar-refractivity contribution is -0.0672. The van der Waals surface area contributed by atoms with E-state index in [-0.39, 0.29) is 23.8 Å². The van der Waals surface area contributed by atoms with E-state index in [9.17, 15) is 13.9 Å². The molecule has 1 aliphatic carbocycles. The Morgan fingerprint density at radius 1 is 0.963 bits per heavy atom. The zero-order valence-electron chi connectivity index (χ0n) is 15.7. The maximum absolute atomic E-state index is 13.4. The van der Waals surface area contributed by atoms with E-state index < -0.39 is 6.10 Å². The molecule has 3 rings (SSSR count). The molecule has 0 aliphatic heterocycles. The predicted octanol–water partition coefficient (Wildman–Crippen LogP) is 5.20. The number of aliphatic hydroxyl groups excluding tert-OH is 1. The van der Waals surface area contributed by atoms with Gasteiger partial charge in [0.2, 0.25) is 0 Å². The summed E-state index contributed by atoms with van der Waals surface area (Å²) in [6.45, 7) is 2.74. The van der Waals surface area contributed by atoms with Crippen LogP contribution >= 0.6 is 0 Å². The fraction of sp³-hybridized carbons (Fsp3) is 0.455. The van der Waals surface area contributed by atoms with Crippen LogP contribution in [0.5, 0.6) is 0 Å². The molecule has 2 aromatic carbocycles. The molecule has 0 unspecified atom stereocenters. The first-order valence-electron chi connectivity index (χ1n) is 9.70. The number of rotatable bonds is 7. The highest BCUT2D eigenvalue weighted by Gasteiger charge is 2.37. The minimum absolute atomic E-state index is 0.221. The molecule has 0 spiro atoms. The molecule has 3 nitrogen and oxygen atoms in total. The first-order valence-corrected chi connectivity index (χ1v) is 9.70. The van der Waals surface area contributed by atoms with Crippen molar-refractivity contribution < 1.29 is 18.6 Å². The largest absolute Gasteiger partial charge is 0.388 e. The van der Waals surface area contributed by atoms with E-state index in [2.05, 4.69) is 6.92 Å². The van der Waals surface area contributed by atoms with Crippen LogP contribution in [0.1, 0.15) is 39.0 Å². The number of ether oxygens (including phenoxy) is 1. The van der Waals surface area contributed by atoms with Crippen molar-refractivity contribution in [2.75, 3.05) is 11.5 Å². The Labute approximate surface area is 159 Å². The van der Waals surface area contributed by atoms with Crippen LogP contribution in [0.2, 0.25) is 0 Å². The fourth-order valence-corrected chi connectivity index (χ4v) is 3.70. The van der Waals surface area contributed by atoms with Crippen LogP contribution in [0.25, 0.3) is 0 Å². The Bertz CT molecular complexity index is 660. The van der Waals surface area contributed by atoms with Crippen molar-refractivity contribution in [3.8, 4) is 0 Å². The van der Waals surface area contributed by atoms with E-state index in [4.69, 9.17) is 4.74 Å². The standard InChI is InChI=1S/C22H27F2NO2/c1-2-3-15-27-21-6-4-5-20(22(21)26)25(18-11-7-16(23)8-12-18)19-13-9-17(24)10-14-19/h7-14,20-22,26H,2-6,15H2,1H3/t20-,21-,22+/m0/s1. The number of halogens is 2. The normalized spacial score (nSPS) is 22.6. The van der Waals surface area contributed by atoms with Gasteiger partial charge in [-0.05, 0) is 74.2 Å². The SMILES string of the molecule is CCCCO[C@H]1CCC[C@H](N(c2ccc(F)cc2)c2ccc(F)cc2)[C@H]1O. The fourth-order valence-electron chi connectivity index (χ4n) is 3.70. The van der Waals surface area contributed by atoms with E-state index in [1.54, 1.807) is 24.3 Å². The van der Waals surface area contributed by atoms with Gasteiger partial charge in [-0.3, -0.25) is 0 Å². The highest BCUT2D eigenvalue weighted by molar-refractivity contribution is 5.64. The molecule has 0 aromatic heterocycles. The zero-order chi connectivity index (χ0) is 19.2. The van der Waals surface area contributed by atoms with E-state index in [1.165, 1.54) is 24.3 Å². The van der Waals surface area contributed by atoms with Crippen LogP contribution < -0.4 is 4.90 Å². The number of nitrogens with zero attached hydrogens (tertiary/aromatic N) is 1. The van der Waals surface area contributed by atoms with Crippen LogP contribution in [0.4, 0.5) is 20.2 Å². The summed E-state index contributed by atoms with van der Waals surface area (Å²) >= 11 is 0. The topological polar surface area (TPSA) is 32.7 Å². The van der Waals surface area contributed by atoms with Gasteiger partial charge in [0.25, 0.3) is 0 Å². The lowest BCUT2D eigenvalue weighted by Gasteiger charge is -2.42. The molecule has 146 valence electrons. The molecule has 1 N–H and O–H groups in total. The maximum atomic E-state index is 13.4. The molecule has 2 aromatic rings. The molecule has 0 bridgehead atoms. The second-order valence-corrected chi connectivity index (χ2v) is 7.07. The molecule has 1 fully saturated rings. The molecule has 0 heterocycles. The molecule has 27 heavy (non-hydrogen) atoms. The van der Waals surface area contributed by atoms with E-state index in [0.717, 1.165) is 43.5 Å². The Kier molecular flexibility index (Phi) is 6.80. The molecule has 1 aliphatic rings. The van der Waals surface area contributed by atoms with Gasteiger partial charge in [0.15, 0.2) is 0 Å². The Morgan fingerprint density at radius 3 is 2.04 bits per heavy atom. The van der Waals surface area contributed by atoms with E-state index >= 15 is 0 Å². The highest BCUT2D eigenvalue weighted by atomic mass is 19.1. The molecule has 0 saturated heterocycles. The van der Waals surface area contributed by atoms with Crippen LogP contribution in [0.3, 0.4) is 0 Å². The number of benzene rings is 2. The summed E-state index contributed by atoms with van der Waals surface area (Å²) in [5.74, 6) is -0.634. The van der Waals surface area contributed by atoms with Crippen molar-refractivity contribution in [2.45, 2.75) is 57.3 Å². The summed E-state index contributed by atoms with van der Waals surface area (Å²) in [4.78, 5) is 1.97. The van der Waals surface area contributed by atoms with Gasteiger partial charge in [-0.25, -0.2) is 8.78 Å². The second kappa shape index (κ2) is 9.29. The van der Waals surface area contributed by atoms with Crippen LogP contribution in [-0.2, 0) is 4.74 Å². The van der Waals surface area contributed by atoms with Crippen molar-refractivity contribution in [3.05, 3.63) is 60.2 Å². The van der Waals surface area contributed by atoms with Gasteiger partial charge in [-0.1, -0.05) is 13.3 Å². The number of unbranched alkanes of at least 4 members (excludes halogenated alkanes) is 1. The molecule has 1 saturated carbocycles. The van der Waals surface area contributed by atoms with Crippen LogP contribution in [-0.4, -0.2) is 30.0 Å². The molecule has 0 radical (unpaired) electrons. The third-order valence-electron chi connectivity index (χ3n) is 5.13. The quantitative estimate of drug-likeness (QED) is 0.675. The summed E-state index contributed by atoms with van der Waals surface area (Å²) in [6.07, 6.45) is 3.64. The maximum Gasteiger partial charge on any atom is 0.123 e. The van der Waals surface area contributed by atoms with Crippen molar-refractivity contribution in [1.29, 1.82) is 0 Å². The Balaban J connectivity index is 1.89. The lowest BCUT2D eigenvalue weighted by Crippen LogP contribution is -2.50. The predicted molar refractivity (Wildman–Crippen MR) is 103 cm³/mol. The summed E-state index contributed by atoms with van der Waals surface area (Å²) in [6, 6.07) is 12.1. The monoisotopic (exact) mass is 375 g/mol. The minimum Gasteiger partial charge on any atom is -0.388 e. The number of hydrogen-bond donors (Lipinski definition) is 1. The van der Waals surface area contributed by atoms with Crippen LogP contribution in [0, 0.1) is 11.6 Å². The number of aliphatic hydroxyl groups is 1. The Morgan fingerprint density at radius 2 is 1.52 bits per heavy atom. The Hall–Kier alpha value is -1.98. The van der Waals surface area contributed by atoms with E-state index in [0.29, 0.717) is 6.61 Å². The van der Waals surface area contributed by atoms with Gasteiger partial charge < -0.3 is 14.7 Å². The zero-order valence-corrected chi connectivity index (χ0v) is 15.7. The summed E-state index contributed by atoms with van der Waals surface area (Å²) in [5.41, 5.74) is 1.53. The van der Waals surface area contributed by atoms with Crippen molar-refractivity contribution in [1.82, 2.24) is 0 Å². The summed E-state index contributed by atoms with van der Waals surface area (Å²) in [5, 5.41) is 11.0. The van der Waals surface area contributed by atoms with Gasteiger partial charge in [-0.2, -0.15) is 0 Å². The molecular formula is C22H27F2NO2. The first-order chi connectivity index (χ1) is 13.1. The van der Waals surface area contributed by atoms with Crippen molar-refractivity contribution >= 4 is 11.4 Å². The number of anilines is 2. The number of hydrogen-bond acceptors (Lipinski definition) is 3. The molecule has 0 amide bonds. The van der Waals surface area contributed by atoms with Crippen LogP contribution in [0.15, 0.2) is 48.5 Å². The smallest absolute Gasteiger partial charge is 0.123 e. The average molecular weight is 375 g/mol. The summed E-state index contributed by atoms with van der Waals surface area (Å²) in [7, 11) is 0. The molecule has 5 heteroatoms. The third kappa shape index (κ3) is 4.85. The van der Waals surface area contributed by atoms with Gasteiger partial charge in [0.1, 0.15) is 17.7 Å². The van der Waals surface area contributed by atoms with Gasteiger partial charge >= 0.3 is 0 Å². The third-order valence-corrected chi connectivity index (χ3v) is 5.13. The minimum atomic E-state index is -0.675. The van der Waals surface area contributed by atoms with E-state index in [1.807, 2.05) is 4.90 Å². The van der Waals surface area contributed by atoms with Gasteiger partial charge in [0.05, 0.1) is 12.1 Å². The van der Waals surface area contributed by atoms with Crippen molar-refractivity contribution in [2.24, 2.45) is 0 Å². The highest BCUT2D eigenvalue weighted by Crippen LogP contribution is 2.35. The summed E-state index contributed by atoms with van der Waals surface area (Å²) < 4.78 is 32.8. The molecular weight excluding hydrogens is 348 g/mol.